The molecule has 0 saturated carbocycles. The van der Waals surface area contributed by atoms with Crippen LogP contribution < -0.4 is 32.8 Å². The molecule has 117 heavy (non-hydrogen) atoms. The lowest BCUT2D eigenvalue weighted by atomic mass is 9.82. The number of nitrogens with one attached hydrogen (secondary N) is 4. The number of aromatic amines is 1. The van der Waals surface area contributed by atoms with Crippen LogP contribution in [0.5, 0.6) is 0 Å². The average molecular weight is 1730 g/mol. The van der Waals surface area contributed by atoms with Crippen molar-refractivity contribution in [3.05, 3.63) is 146 Å². The normalized spacial score (nSPS) is 21.2. The van der Waals surface area contributed by atoms with Crippen LogP contribution in [0.2, 0.25) is 27.3 Å². The molecule has 6 bridgehead atoms. The number of H-pyrrole nitrogens is 1. The van der Waals surface area contributed by atoms with Gasteiger partial charge in [0, 0.05) is 86.2 Å². The maximum Gasteiger partial charge on any atom is 0.376 e. The second-order valence-corrected chi connectivity index (χ2v) is 31.6. The Kier molecular flexibility index (Phi) is 31.8. The van der Waals surface area contributed by atoms with Crippen molar-refractivity contribution in [3.8, 4) is 0 Å². The van der Waals surface area contributed by atoms with Gasteiger partial charge in [0.25, 0.3) is 28.8 Å². The van der Waals surface area contributed by atoms with Crippen molar-refractivity contribution in [1.82, 2.24) is 114 Å². The highest BCUT2D eigenvalue weighted by molar-refractivity contribution is 14.1. The standard InChI is InChI=1S/C19H27BN6O4.C17H25BN6O3.C10H17BN4O2.C9H11IN2O2.C8H4N4O2.C6H15BN2O.C4H8O/c1-3-10-30-26-16-11-15(12-23(13-16)19(26)28)25-9-6-17(22-25)18(27)21-14-4-7-24(8-5-14)20(2)29;1-18(27)23-6-3-12(4-7-23)19-16(25)15-5-8-24(20-15)14-9-13-10-22(11-14)17(26)21(13)2;1-11(17)15-6-3-8(4-7-15)13-10(16)9-2-5-12-14-9;1-2-3-14-12-8-4-7(10)5-11(6-8)9(12)13;13-7-5-1-3-9-11(5)8(14)6-2-4-10-12(6)7;1-7(10)9-4-2-6(8)3-5-9;1-2-4-5-3-1/h3,6,9,11,14,16,29H,1,4-5,7-8,10,12-13H2,2H3,(H,21,27);5,8-9,12-13,27H,3-4,6-7,10-11H2,1-2H3,(H,19,25);2,5,8,17H,3-4,6-7H2,1H3,(H,12,14)(H,13,16);2,4,8H,1,3,5-6H2;1-4H;6,10H,2-5,8H2,1H3;1-4H2. The topological polar surface area (TPSA) is 439 Å². The summed E-state index contributed by atoms with van der Waals surface area (Å²) >= 11 is 2.25. The van der Waals surface area contributed by atoms with Crippen LogP contribution in [0.3, 0.4) is 0 Å². The van der Waals surface area contributed by atoms with Crippen LogP contribution >= 0.6 is 22.6 Å². The van der Waals surface area contributed by atoms with Crippen molar-refractivity contribution >= 4 is 109 Å². The SMILES string of the molecule is C1CCOC1.C=CCON1C(=O)N2CC(I)=CC1C2.C=CCON1C(=O)N2CC(n3ccc(C(=O)NC4CCN(B(C)O)CC4)n3)=CC1C2.CB(O)N1CCC(N)CC1.CB(O)N1CCC(NC(=O)c2ccn(C3=CC4CN(C3)C(=O)N4C)n2)CC1.CB(O)N1CCC(NC(=O)c2ccn[nH]2)CC1.O=c1c2ccnn2c(=O)c2ccnn12. The monoisotopic (exact) mass is 1730 g/mol. The van der Waals surface area contributed by atoms with Crippen LogP contribution in [0, 0.1) is 0 Å². The Morgan fingerprint density at radius 3 is 1.34 bits per heavy atom. The summed E-state index contributed by atoms with van der Waals surface area (Å²) in [6.07, 6.45) is 26.7. The highest BCUT2D eigenvalue weighted by Crippen LogP contribution is 2.30. The van der Waals surface area contributed by atoms with Crippen LogP contribution in [-0.4, -0.2) is 349 Å². The van der Waals surface area contributed by atoms with E-state index < -0.39 is 21.2 Å². The number of halogens is 1. The molecule has 17 rings (SSSR count). The number of amides is 9. The first kappa shape index (κ1) is 88.6. The predicted molar refractivity (Wildman–Crippen MR) is 448 cm³/mol. The predicted octanol–water partition coefficient (Wildman–Crippen LogP) is 0.758. The lowest BCUT2D eigenvalue weighted by molar-refractivity contribution is -0.107. The summed E-state index contributed by atoms with van der Waals surface area (Å²) in [4.78, 5) is 122. The highest BCUT2D eigenvalue weighted by Gasteiger charge is 2.43. The Morgan fingerprint density at radius 1 is 0.556 bits per heavy atom. The number of hydrogen-bond acceptors (Lipinski definition) is 25. The number of hydrogen-bond donors (Lipinski definition) is 9. The van der Waals surface area contributed by atoms with E-state index in [4.69, 9.17) is 25.2 Å². The van der Waals surface area contributed by atoms with Crippen molar-refractivity contribution in [1.29, 1.82) is 0 Å². The van der Waals surface area contributed by atoms with Gasteiger partial charge in [0.05, 0.1) is 74.8 Å². The van der Waals surface area contributed by atoms with Crippen molar-refractivity contribution in [3.63, 3.8) is 0 Å². The number of nitrogens with zero attached hydrogens (tertiary/aromatic N) is 19. The van der Waals surface area contributed by atoms with E-state index in [0.29, 0.717) is 62.5 Å². The Morgan fingerprint density at radius 2 is 0.949 bits per heavy atom. The molecule has 0 spiro atoms. The number of aromatic nitrogens is 10. The first-order chi connectivity index (χ1) is 56.2. The van der Waals surface area contributed by atoms with Crippen LogP contribution in [0.25, 0.3) is 22.4 Å². The zero-order chi connectivity index (χ0) is 83.6. The molecule has 8 saturated heterocycles. The molecule has 39 nitrogen and oxygen atoms in total. The zero-order valence-electron chi connectivity index (χ0n) is 67.0. The molecule has 0 radical (unpaired) electrons. The highest BCUT2D eigenvalue weighted by atomic mass is 127. The van der Waals surface area contributed by atoms with Crippen LogP contribution in [0.4, 0.5) is 14.4 Å². The van der Waals surface area contributed by atoms with E-state index in [9.17, 15) is 53.4 Å². The van der Waals surface area contributed by atoms with Gasteiger partial charge in [0.1, 0.15) is 16.7 Å². The zero-order valence-corrected chi connectivity index (χ0v) is 69.1. The van der Waals surface area contributed by atoms with Gasteiger partial charge in [0.15, 0.2) is 11.4 Å². The Labute approximate surface area is 693 Å². The molecule has 11 aliphatic rings. The van der Waals surface area contributed by atoms with Gasteiger partial charge in [0.2, 0.25) is 0 Å². The quantitative estimate of drug-likeness (QED) is 0.0326. The van der Waals surface area contributed by atoms with Crippen LogP contribution in [-0.2, 0) is 14.4 Å². The Balaban J connectivity index is 0.000000141. The van der Waals surface area contributed by atoms with Crippen LogP contribution in [0.15, 0.2) is 118 Å². The third-order valence-corrected chi connectivity index (χ3v) is 22.6. The van der Waals surface area contributed by atoms with Crippen LogP contribution in [0.1, 0.15) is 95.7 Å². The number of likely N-dealkylation sites (N-methyl/N-ethyl adjacent to an activating group) is 1. The average Bonchev–Trinajstić information content (AvgIpc) is 1.63. The third kappa shape index (κ3) is 23.2. The minimum absolute atomic E-state index is 0.0277. The van der Waals surface area contributed by atoms with E-state index >= 15 is 0 Å². The molecule has 44 heteroatoms. The van der Waals surface area contributed by atoms with Crippen molar-refractivity contribution in [2.45, 2.75) is 134 Å². The number of carbonyl (C=O) groups excluding carboxylic acids is 6. The number of carbonyl (C=O) groups is 6. The number of ether oxygens (including phenoxy) is 1. The summed E-state index contributed by atoms with van der Waals surface area (Å²) in [5.41, 5.74) is 8.45. The van der Waals surface area contributed by atoms with E-state index in [1.54, 1.807) is 112 Å². The maximum absolute atomic E-state index is 12.6. The number of hydroxylamine groups is 4. The number of fused-ring (bicyclic) bond motifs is 8. The lowest BCUT2D eigenvalue weighted by Crippen LogP contribution is -2.49. The largest absolute Gasteiger partial charge is 0.437 e. The van der Waals surface area contributed by atoms with E-state index in [1.165, 1.54) is 51.1 Å². The van der Waals surface area contributed by atoms with Gasteiger partial charge in [-0.1, -0.05) is 12.2 Å². The van der Waals surface area contributed by atoms with Gasteiger partial charge in [-0.15, -0.1) is 13.2 Å². The summed E-state index contributed by atoms with van der Waals surface area (Å²) in [5, 5.41) is 72.4. The maximum atomic E-state index is 12.6. The van der Waals surface area contributed by atoms with Gasteiger partial charge in [-0.05, 0) is 215 Å². The van der Waals surface area contributed by atoms with Gasteiger partial charge in [-0.2, -0.15) is 44.7 Å². The summed E-state index contributed by atoms with van der Waals surface area (Å²) in [5.74, 6) is -0.508. The third-order valence-electron chi connectivity index (χ3n) is 21.9. The minimum Gasteiger partial charge on any atom is -0.437 e. The molecule has 0 aromatic carbocycles. The molecular weight excluding hydrogens is 1620 g/mol. The first-order valence-corrected chi connectivity index (χ1v) is 41.0. The molecule has 9 amide bonds. The van der Waals surface area contributed by atoms with Gasteiger partial charge < -0.3 is 85.4 Å². The molecule has 0 aliphatic carbocycles. The Hall–Kier alpha value is -9.18. The molecule has 3 unspecified atom stereocenters. The van der Waals surface area contributed by atoms with E-state index in [0.717, 1.165) is 144 Å². The molecular formula is C73H107B4IN24O15. The second-order valence-electron chi connectivity index (χ2n) is 30.3. The smallest absolute Gasteiger partial charge is 0.376 e. The van der Waals surface area contributed by atoms with Gasteiger partial charge in [-0.25, -0.2) is 23.7 Å². The fourth-order valence-corrected chi connectivity index (χ4v) is 15.9. The molecule has 628 valence electrons. The number of nitrogens with two attached hydrogens (primary N) is 1. The van der Waals surface area contributed by atoms with Gasteiger partial charge >= 0.3 is 46.3 Å². The fourth-order valence-electron chi connectivity index (χ4n) is 15.1. The molecule has 3 atom stereocenters. The summed E-state index contributed by atoms with van der Waals surface area (Å²) < 4.78 is 11.6. The van der Waals surface area contributed by atoms with Crippen molar-refractivity contribution < 1.29 is 63.3 Å². The minimum atomic E-state index is -0.461. The Bertz CT molecular complexity index is 4430. The van der Waals surface area contributed by atoms with Crippen molar-refractivity contribution in [2.75, 3.05) is 125 Å². The second kappa shape index (κ2) is 42.0. The summed E-state index contributed by atoms with van der Waals surface area (Å²) in [6, 6.07) is 8.47. The number of urea groups is 3. The number of rotatable bonds is 18. The molecule has 11 aliphatic heterocycles. The fraction of sp³-hybridized carbons (Fsp3) is 0.548. The molecule has 17 heterocycles. The van der Waals surface area contributed by atoms with E-state index in [-0.39, 0.29) is 108 Å². The number of piperidine rings is 4. The first-order valence-electron chi connectivity index (χ1n) is 39.9. The lowest BCUT2D eigenvalue weighted by Gasteiger charge is -2.32. The molecule has 10 N–H and O–H groups in total. The van der Waals surface area contributed by atoms with Crippen molar-refractivity contribution in [2.24, 2.45) is 5.73 Å². The van der Waals surface area contributed by atoms with Gasteiger partial charge in [-0.3, -0.25) is 38.7 Å². The molecule has 8 fully saturated rings. The van der Waals surface area contributed by atoms with E-state index in [2.05, 4.69) is 88.4 Å². The van der Waals surface area contributed by atoms with E-state index in [1.807, 2.05) is 31.4 Å². The summed E-state index contributed by atoms with van der Waals surface area (Å²) in [6.45, 7) is 27.1. The molecule has 6 aromatic heterocycles. The molecule has 6 aromatic rings. The summed E-state index contributed by atoms with van der Waals surface area (Å²) in [7, 11) is 0.194.